The summed E-state index contributed by atoms with van der Waals surface area (Å²) in [6.07, 6.45) is 0. The highest BCUT2D eigenvalue weighted by Crippen LogP contribution is 2.19. The van der Waals surface area contributed by atoms with Gasteiger partial charge in [0.2, 0.25) is 0 Å². The van der Waals surface area contributed by atoms with Gasteiger partial charge < -0.3 is 4.74 Å². The fraction of sp³-hybridized carbons (Fsp3) is 0.222. The summed E-state index contributed by atoms with van der Waals surface area (Å²) in [5, 5.41) is 8.89. The third-order valence-corrected chi connectivity index (χ3v) is 4.11. The van der Waals surface area contributed by atoms with Crippen LogP contribution in [0.1, 0.15) is 34.0 Å². The molecule has 3 nitrogen and oxygen atoms in total. The van der Waals surface area contributed by atoms with Gasteiger partial charge in [0.15, 0.2) is 0 Å². The number of nitrogens with zero attached hydrogens (tertiary/aromatic N) is 1. The standard InChI is InChI=1S/C18H17NO2S/c1-2-21-18(20)17-8-4-7-16(10-17)13-22-12-15-6-3-5-14(9-15)11-19/h3-10H,2,12-13H2,1H3. The second-order valence-corrected chi connectivity index (χ2v) is 5.71. The van der Waals surface area contributed by atoms with E-state index in [0.29, 0.717) is 17.7 Å². The fourth-order valence-electron chi connectivity index (χ4n) is 2.02. The van der Waals surface area contributed by atoms with Gasteiger partial charge in [0.25, 0.3) is 0 Å². The Hall–Kier alpha value is -2.25. The molecule has 0 bridgehead atoms. The minimum absolute atomic E-state index is 0.281. The Morgan fingerprint density at radius 3 is 2.50 bits per heavy atom. The van der Waals surface area contributed by atoms with Gasteiger partial charge in [-0.25, -0.2) is 4.79 Å². The summed E-state index contributed by atoms with van der Waals surface area (Å²) in [4.78, 5) is 11.7. The van der Waals surface area contributed by atoms with E-state index in [1.807, 2.05) is 36.4 Å². The van der Waals surface area contributed by atoms with Gasteiger partial charge in [0, 0.05) is 11.5 Å². The van der Waals surface area contributed by atoms with Crippen LogP contribution in [0.25, 0.3) is 0 Å². The van der Waals surface area contributed by atoms with Crippen LogP contribution in [0, 0.1) is 11.3 Å². The molecule has 0 N–H and O–H groups in total. The fourth-order valence-corrected chi connectivity index (χ4v) is 2.95. The molecule has 0 saturated carbocycles. The summed E-state index contributed by atoms with van der Waals surface area (Å²) in [7, 11) is 0. The van der Waals surface area contributed by atoms with Crippen LogP contribution in [0.5, 0.6) is 0 Å². The largest absolute Gasteiger partial charge is 0.462 e. The zero-order chi connectivity index (χ0) is 15.8. The molecule has 112 valence electrons. The van der Waals surface area contributed by atoms with Gasteiger partial charge in [-0.1, -0.05) is 24.3 Å². The van der Waals surface area contributed by atoms with Crippen molar-refractivity contribution >= 4 is 17.7 Å². The van der Waals surface area contributed by atoms with Crippen molar-refractivity contribution in [3.8, 4) is 6.07 Å². The Labute approximate surface area is 134 Å². The predicted octanol–water partition coefficient (Wildman–Crippen LogP) is 4.17. The Balaban J connectivity index is 1.93. The summed E-state index contributed by atoms with van der Waals surface area (Å²) >= 11 is 1.75. The Morgan fingerprint density at radius 1 is 1.14 bits per heavy atom. The zero-order valence-electron chi connectivity index (χ0n) is 12.4. The Morgan fingerprint density at radius 2 is 1.82 bits per heavy atom. The molecule has 2 aromatic carbocycles. The summed E-state index contributed by atoms with van der Waals surface area (Å²) in [5.41, 5.74) is 3.49. The minimum atomic E-state index is -0.281. The number of nitriles is 1. The van der Waals surface area contributed by atoms with E-state index >= 15 is 0 Å². The summed E-state index contributed by atoms with van der Waals surface area (Å²) in [6.45, 7) is 2.18. The topological polar surface area (TPSA) is 50.1 Å². The van der Waals surface area contributed by atoms with E-state index in [-0.39, 0.29) is 5.97 Å². The molecule has 0 atom stereocenters. The van der Waals surface area contributed by atoms with Gasteiger partial charge in [-0.15, -0.1) is 0 Å². The van der Waals surface area contributed by atoms with Crippen LogP contribution in [0.3, 0.4) is 0 Å². The van der Waals surface area contributed by atoms with Crippen LogP contribution in [0.4, 0.5) is 0 Å². The first-order valence-electron chi connectivity index (χ1n) is 7.05. The van der Waals surface area contributed by atoms with Crippen LogP contribution in [-0.2, 0) is 16.2 Å². The van der Waals surface area contributed by atoms with Crippen LogP contribution >= 0.6 is 11.8 Å². The molecule has 0 heterocycles. The molecule has 2 rings (SSSR count). The lowest BCUT2D eigenvalue weighted by molar-refractivity contribution is 0.0526. The highest BCUT2D eigenvalue weighted by molar-refractivity contribution is 7.97. The summed E-state index contributed by atoms with van der Waals surface area (Å²) < 4.78 is 5.01. The van der Waals surface area contributed by atoms with Gasteiger partial charge in [-0.2, -0.15) is 17.0 Å². The van der Waals surface area contributed by atoms with Crippen molar-refractivity contribution in [2.24, 2.45) is 0 Å². The zero-order valence-corrected chi connectivity index (χ0v) is 13.2. The first-order chi connectivity index (χ1) is 10.7. The number of ether oxygens (including phenoxy) is 1. The molecule has 2 aromatic rings. The smallest absolute Gasteiger partial charge is 0.338 e. The van der Waals surface area contributed by atoms with E-state index in [1.165, 1.54) is 0 Å². The van der Waals surface area contributed by atoms with E-state index in [9.17, 15) is 4.79 Å². The Kier molecular flexibility index (Phi) is 6.05. The molecule has 0 aliphatic carbocycles. The maximum Gasteiger partial charge on any atom is 0.338 e. The van der Waals surface area contributed by atoms with Crippen LogP contribution in [0.2, 0.25) is 0 Å². The first-order valence-corrected chi connectivity index (χ1v) is 8.21. The molecular weight excluding hydrogens is 294 g/mol. The van der Waals surface area contributed by atoms with Crippen molar-refractivity contribution in [1.82, 2.24) is 0 Å². The van der Waals surface area contributed by atoms with E-state index in [4.69, 9.17) is 10.00 Å². The quantitative estimate of drug-likeness (QED) is 0.751. The SMILES string of the molecule is CCOC(=O)c1cccc(CSCc2cccc(C#N)c2)c1. The van der Waals surface area contributed by atoms with Crippen molar-refractivity contribution in [1.29, 1.82) is 5.26 Å². The normalized spacial score (nSPS) is 10.0. The number of carbonyl (C=O) groups excluding carboxylic acids is 1. The van der Waals surface area contributed by atoms with Crippen LogP contribution < -0.4 is 0 Å². The molecule has 0 aliphatic heterocycles. The molecule has 0 radical (unpaired) electrons. The van der Waals surface area contributed by atoms with Crippen molar-refractivity contribution in [2.45, 2.75) is 18.4 Å². The maximum absolute atomic E-state index is 11.7. The Bertz CT molecular complexity index is 691. The second kappa shape index (κ2) is 8.26. The monoisotopic (exact) mass is 311 g/mol. The molecule has 0 spiro atoms. The third-order valence-electron chi connectivity index (χ3n) is 3.03. The minimum Gasteiger partial charge on any atom is -0.462 e. The predicted molar refractivity (Wildman–Crippen MR) is 88.6 cm³/mol. The first kappa shape index (κ1) is 16.1. The molecule has 0 amide bonds. The summed E-state index contributed by atoms with van der Waals surface area (Å²) in [6, 6.07) is 17.3. The maximum atomic E-state index is 11.7. The lowest BCUT2D eigenvalue weighted by Crippen LogP contribution is -2.04. The number of hydrogen-bond acceptors (Lipinski definition) is 4. The average molecular weight is 311 g/mol. The second-order valence-electron chi connectivity index (χ2n) is 4.73. The molecule has 0 unspecified atom stereocenters. The lowest BCUT2D eigenvalue weighted by atomic mass is 10.1. The van der Waals surface area contributed by atoms with Crippen LogP contribution in [0.15, 0.2) is 48.5 Å². The summed E-state index contributed by atoms with van der Waals surface area (Å²) in [5.74, 6) is 1.36. The highest BCUT2D eigenvalue weighted by Gasteiger charge is 2.06. The number of hydrogen-bond donors (Lipinski definition) is 0. The van der Waals surface area contributed by atoms with E-state index in [2.05, 4.69) is 6.07 Å². The van der Waals surface area contributed by atoms with Gasteiger partial charge in [-0.3, -0.25) is 0 Å². The number of esters is 1. The molecule has 0 aromatic heterocycles. The van der Waals surface area contributed by atoms with Gasteiger partial charge >= 0.3 is 5.97 Å². The number of thioether (sulfide) groups is 1. The van der Waals surface area contributed by atoms with Crippen molar-refractivity contribution in [3.63, 3.8) is 0 Å². The van der Waals surface area contributed by atoms with Crippen LogP contribution in [-0.4, -0.2) is 12.6 Å². The van der Waals surface area contributed by atoms with E-state index in [1.54, 1.807) is 30.8 Å². The van der Waals surface area contributed by atoms with Crippen molar-refractivity contribution in [3.05, 3.63) is 70.8 Å². The van der Waals surface area contributed by atoms with Crippen molar-refractivity contribution in [2.75, 3.05) is 6.61 Å². The third kappa shape index (κ3) is 4.64. The highest BCUT2D eigenvalue weighted by atomic mass is 32.2. The lowest BCUT2D eigenvalue weighted by Gasteiger charge is -2.06. The molecule has 0 fully saturated rings. The van der Waals surface area contributed by atoms with E-state index < -0.39 is 0 Å². The van der Waals surface area contributed by atoms with Gasteiger partial charge in [-0.05, 0) is 42.3 Å². The molecule has 0 saturated heterocycles. The van der Waals surface area contributed by atoms with E-state index in [0.717, 1.165) is 22.6 Å². The average Bonchev–Trinajstić information content (AvgIpc) is 2.55. The van der Waals surface area contributed by atoms with Crippen molar-refractivity contribution < 1.29 is 9.53 Å². The molecule has 0 aliphatic rings. The molecule has 22 heavy (non-hydrogen) atoms. The van der Waals surface area contributed by atoms with Gasteiger partial charge in [0.05, 0.1) is 23.8 Å². The number of rotatable bonds is 6. The molecule has 4 heteroatoms. The number of benzene rings is 2. The van der Waals surface area contributed by atoms with Gasteiger partial charge in [0.1, 0.15) is 0 Å². The number of carbonyl (C=O) groups is 1. The molecular formula is C18H17NO2S.